The summed E-state index contributed by atoms with van der Waals surface area (Å²) in [7, 11) is 1.71. The van der Waals surface area contributed by atoms with Gasteiger partial charge in [-0.05, 0) is 42.9 Å². The Hall–Kier alpha value is -0.930. The van der Waals surface area contributed by atoms with Crippen molar-refractivity contribution in [3.05, 3.63) is 35.1 Å². The molecule has 2 N–H and O–H groups in total. The van der Waals surface area contributed by atoms with Crippen LogP contribution in [0.5, 0.6) is 0 Å². The van der Waals surface area contributed by atoms with Gasteiger partial charge in [0.25, 0.3) is 0 Å². The highest BCUT2D eigenvalue weighted by Crippen LogP contribution is 2.33. The fourth-order valence-electron chi connectivity index (χ4n) is 3.10. The zero-order chi connectivity index (χ0) is 13.8. The average molecular weight is 265 g/mol. The van der Waals surface area contributed by atoms with Crippen molar-refractivity contribution in [1.82, 2.24) is 0 Å². The molecule has 0 aliphatic heterocycles. The molecule has 0 bridgehead atoms. The minimum absolute atomic E-state index is 0.0117. The smallest absolute Gasteiger partial charge is 0.126 e. The predicted molar refractivity (Wildman–Crippen MR) is 75.4 cm³/mol. The second-order valence-electron chi connectivity index (χ2n) is 5.63. The van der Waals surface area contributed by atoms with Crippen molar-refractivity contribution in [2.45, 2.75) is 51.2 Å². The molecule has 3 heteroatoms. The number of ether oxygens (including phenoxy) is 1. The van der Waals surface area contributed by atoms with Crippen LogP contribution in [0.2, 0.25) is 0 Å². The van der Waals surface area contributed by atoms with E-state index in [0.717, 1.165) is 5.56 Å². The summed E-state index contributed by atoms with van der Waals surface area (Å²) < 4.78 is 19.3. The van der Waals surface area contributed by atoms with E-state index in [9.17, 15) is 4.39 Å². The normalized spacial score (nSPS) is 20.2. The van der Waals surface area contributed by atoms with Crippen molar-refractivity contribution in [2.24, 2.45) is 11.7 Å². The minimum atomic E-state index is -0.247. The Bertz CT molecular complexity index is 415. The van der Waals surface area contributed by atoms with Gasteiger partial charge in [0, 0.05) is 7.11 Å². The van der Waals surface area contributed by atoms with Crippen LogP contribution in [0.15, 0.2) is 18.2 Å². The lowest BCUT2D eigenvalue weighted by Gasteiger charge is -2.33. The summed E-state index contributed by atoms with van der Waals surface area (Å²) in [5.41, 5.74) is 7.80. The highest BCUT2D eigenvalue weighted by Gasteiger charge is 2.29. The number of hydrogen-bond acceptors (Lipinski definition) is 2. The number of nitrogens with two attached hydrogens (primary N) is 1. The fourth-order valence-corrected chi connectivity index (χ4v) is 3.10. The van der Waals surface area contributed by atoms with E-state index in [1.54, 1.807) is 26.2 Å². The van der Waals surface area contributed by atoms with Crippen LogP contribution in [0.25, 0.3) is 0 Å². The topological polar surface area (TPSA) is 35.2 Å². The number of aryl methyl sites for hydroxylation is 1. The molecule has 2 atom stereocenters. The summed E-state index contributed by atoms with van der Waals surface area (Å²) in [6, 6.07) is 5.01. The van der Waals surface area contributed by atoms with Crippen molar-refractivity contribution < 1.29 is 9.13 Å². The molecular formula is C16H24FNO. The van der Waals surface area contributed by atoms with Crippen LogP contribution < -0.4 is 5.73 Å². The second kappa shape index (κ2) is 6.49. The molecule has 0 saturated heterocycles. The Kier molecular flexibility index (Phi) is 4.94. The first-order valence-corrected chi connectivity index (χ1v) is 7.18. The summed E-state index contributed by atoms with van der Waals surface area (Å²) in [5.74, 6) is 0.310. The van der Waals surface area contributed by atoms with E-state index in [1.807, 2.05) is 6.07 Å². The number of benzene rings is 1. The van der Waals surface area contributed by atoms with Crippen molar-refractivity contribution >= 4 is 0 Å². The second-order valence-corrected chi connectivity index (χ2v) is 5.63. The number of rotatable bonds is 4. The highest BCUT2D eigenvalue weighted by molar-refractivity contribution is 5.26. The average Bonchev–Trinajstić information content (AvgIpc) is 2.44. The van der Waals surface area contributed by atoms with E-state index >= 15 is 0 Å². The lowest BCUT2D eigenvalue weighted by molar-refractivity contribution is 0.0172. The number of halogens is 1. The van der Waals surface area contributed by atoms with Gasteiger partial charge >= 0.3 is 0 Å². The summed E-state index contributed by atoms with van der Waals surface area (Å²) in [4.78, 5) is 0. The van der Waals surface area contributed by atoms with Crippen LogP contribution in [0.1, 0.15) is 49.3 Å². The molecule has 1 aromatic rings. The molecule has 2 unspecified atom stereocenters. The van der Waals surface area contributed by atoms with Crippen molar-refractivity contribution in [2.75, 3.05) is 7.11 Å². The first kappa shape index (κ1) is 14.5. The molecule has 0 radical (unpaired) electrons. The molecule has 1 aromatic carbocycles. The third kappa shape index (κ3) is 3.34. The van der Waals surface area contributed by atoms with Crippen molar-refractivity contribution in [3.8, 4) is 0 Å². The van der Waals surface area contributed by atoms with E-state index in [0.29, 0.717) is 11.5 Å². The summed E-state index contributed by atoms with van der Waals surface area (Å²) in [5, 5.41) is 0. The first-order chi connectivity index (χ1) is 9.13. The molecule has 0 amide bonds. The first-order valence-electron chi connectivity index (χ1n) is 7.18. The number of methoxy groups -OCH3 is 1. The predicted octanol–water partition coefficient (Wildman–Crippen LogP) is 3.73. The van der Waals surface area contributed by atoms with Gasteiger partial charge in [-0.25, -0.2) is 4.39 Å². The molecular weight excluding hydrogens is 241 g/mol. The van der Waals surface area contributed by atoms with Crippen molar-refractivity contribution in [1.29, 1.82) is 0 Å². The third-order valence-corrected chi connectivity index (χ3v) is 4.32. The van der Waals surface area contributed by atoms with Crippen LogP contribution in [-0.2, 0) is 4.74 Å². The Morgan fingerprint density at radius 1 is 1.26 bits per heavy atom. The zero-order valence-corrected chi connectivity index (χ0v) is 11.9. The van der Waals surface area contributed by atoms with Crippen LogP contribution >= 0.6 is 0 Å². The largest absolute Gasteiger partial charge is 0.379 e. The van der Waals surface area contributed by atoms with E-state index in [1.165, 1.54) is 32.1 Å². The maximum absolute atomic E-state index is 13.7. The molecule has 0 spiro atoms. The standard InChI is InChI=1S/C16H24FNO/c1-11-8-9-13(10-14(11)17)15(18)16(19-2)12-6-4-3-5-7-12/h8-10,12,15-16H,3-7,18H2,1-2H3. The molecule has 1 aliphatic carbocycles. The van der Waals surface area contributed by atoms with Crippen LogP contribution in [-0.4, -0.2) is 13.2 Å². The van der Waals surface area contributed by atoms with Crippen LogP contribution in [0.3, 0.4) is 0 Å². The molecule has 106 valence electrons. The molecule has 1 saturated carbocycles. The minimum Gasteiger partial charge on any atom is -0.379 e. The van der Waals surface area contributed by atoms with E-state index < -0.39 is 0 Å². The van der Waals surface area contributed by atoms with E-state index in [4.69, 9.17) is 10.5 Å². The molecule has 0 aromatic heterocycles. The monoisotopic (exact) mass is 265 g/mol. The van der Waals surface area contributed by atoms with Gasteiger partial charge in [0.05, 0.1) is 12.1 Å². The maximum Gasteiger partial charge on any atom is 0.126 e. The van der Waals surface area contributed by atoms with Crippen molar-refractivity contribution in [3.63, 3.8) is 0 Å². The Balaban J connectivity index is 2.14. The Labute approximate surface area is 115 Å². The molecule has 1 fully saturated rings. The Morgan fingerprint density at radius 2 is 1.95 bits per heavy atom. The third-order valence-electron chi connectivity index (χ3n) is 4.32. The van der Waals surface area contributed by atoms with Gasteiger partial charge in [-0.3, -0.25) is 0 Å². The van der Waals surface area contributed by atoms with Gasteiger partial charge < -0.3 is 10.5 Å². The van der Waals surface area contributed by atoms with Gasteiger partial charge in [0.2, 0.25) is 0 Å². The van der Waals surface area contributed by atoms with Gasteiger partial charge in [-0.1, -0.05) is 31.4 Å². The number of hydrogen-bond donors (Lipinski definition) is 1. The van der Waals surface area contributed by atoms with Crippen LogP contribution in [0.4, 0.5) is 4.39 Å². The summed E-state index contributed by atoms with van der Waals surface area (Å²) in [6.45, 7) is 1.76. The lowest BCUT2D eigenvalue weighted by Crippen LogP contribution is -2.36. The van der Waals surface area contributed by atoms with Gasteiger partial charge in [0.15, 0.2) is 0 Å². The summed E-state index contributed by atoms with van der Waals surface area (Å²) >= 11 is 0. The highest BCUT2D eigenvalue weighted by atomic mass is 19.1. The quantitative estimate of drug-likeness (QED) is 0.900. The van der Waals surface area contributed by atoms with E-state index in [2.05, 4.69) is 0 Å². The Morgan fingerprint density at radius 3 is 2.53 bits per heavy atom. The van der Waals surface area contributed by atoms with Crippen LogP contribution in [0, 0.1) is 18.7 Å². The van der Waals surface area contributed by atoms with Gasteiger partial charge in [-0.15, -0.1) is 0 Å². The fraction of sp³-hybridized carbons (Fsp3) is 0.625. The molecule has 2 nitrogen and oxygen atoms in total. The van der Waals surface area contributed by atoms with E-state index in [-0.39, 0.29) is 18.0 Å². The van der Waals surface area contributed by atoms with Gasteiger partial charge in [0.1, 0.15) is 5.82 Å². The molecule has 1 aliphatic rings. The SMILES string of the molecule is COC(C1CCCCC1)C(N)c1ccc(C)c(F)c1. The maximum atomic E-state index is 13.7. The lowest BCUT2D eigenvalue weighted by atomic mass is 9.81. The zero-order valence-electron chi connectivity index (χ0n) is 11.9. The van der Waals surface area contributed by atoms with Gasteiger partial charge in [-0.2, -0.15) is 0 Å². The summed E-state index contributed by atoms with van der Waals surface area (Å²) in [6.07, 6.45) is 6.13. The molecule has 0 heterocycles. The molecule has 19 heavy (non-hydrogen) atoms. The molecule has 2 rings (SSSR count).